The number of ether oxygens (including phenoxy) is 1. The van der Waals surface area contributed by atoms with Gasteiger partial charge in [0.05, 0.1) is 12.1 Å². The lowest BCUT2D eigenvalue weighted by molar-refractivity contribution is 0.107. The summed E-state index contributed by atoms with van der Waals surface area (Å²) in [5.74, 6) is 1.56. The van der Waals surface area contributed by atoms with E-state index in [4.69, 9.17) is 4.74 Å². The molecule has 1 aromatic heterocycles. The normalized spacial score (nSPS) is 19.7. The second-order valence-electron chi connectivity index (χ2n) is 6.38. The van der Waals surface area contributed by atoms with Crippen LogP contribution in [0.15, 0.2) is 34.9 Å². The number of fused-ring (bicyclic) bond motifs is 1. The Bertz CT molecular complexity index is 644. The molecule has 22 heavy (non-hydrogen) atoms. The number of aromatic nitrogens is 1. The van der Waals surface area contributed by atoms with E-state index in [9.17, 15) is 0 Å². The summed E-state index contributed by atoms with van der Waals surface area (Å²) in [4.78, 5) is 6.96. The van der Waals surface area contributed by atoms with Crippen LogP contribution in [-0.4, -0.2) is 35.6 Å². The fourth-order valence-corrected chi connectivity index (χ4v) is 3.49. The summed E-state index contributed by atoms with van der Waals surface area (Å²) in [5, 5.41) is 1.08. The van der Waals surface area contributed by atoms with Crippen LogP contribution in [0.5, 0.6) is 5.75 Å². The highest BCUT2D eigenvalue weighted by molar-refractivity contribution is 9.10. The van der Waals surface area contributed by atoms with Crippen LogP contribution in [0, 0.1) is 5.92 Å². The zero-order valence-electron chi connectivity index (χ0n) is 13.3. The third-order valence-electron chi connectivity index (χ3n) is 4.42. The maximum atomic E-state index is 6.15. The summed E-state index contributed by atoms with van der Waals surface area (Å²) in [5.41, 5.74) is 0.980. The first kappa shape index (κ1) is 15.8. The van der Waals surface area contributed by atoms with Crippen molar-refractivity contribution in [3.8, 4) is 5.75 Å². The molecule has 0 aliphatic carbocycles. The average molecular weight is 363 g/mol. The number of hydrogen-bond donors (Lipinski definition) is 0. The van der Waals surface area contributed by atoms with Gasteiger partial charge in [0, 0.05) is 34.6 Å². The van der Waals surface area contributed by atoms with Gasteiger partial charge >= 0.3 is 0 Å². The number of piperidine rings is 1. The number of rotatable bonds is 4. The summed E-state index contributed by atoms with van der Waals surface area (Å²) in [6, 6.07) is 8.71. The Labute approximate surface area is 140 Å². The van der Waals surface area contributed by atoms with E-state index in [0.717, 1.165) is 34.3 Å². The number of nitrogens with zero attached hydrogens (tertiary/aromatic N) is 2. The molecule has 1 aromatic carbocycles. The summed E-state index contributed by atoms with van der Waals surface area (Å²) < 4.78 is 7.21. The van der Waals surface area contributed by atoms with E-state index < -0.39 is 0 Å². The van der Waals surface area contributed by atoms with Gasteiger partial charge in [0.1, 0.15) is 5.75 Å². The van der Waals surface area contributed by atoms with Gasteiger partial charge in [-0.3, -0.25) is 4.98 Å². The van der Waals surface area contributed by atoms with Crippen molar-refractivity contribution >= 4 is 26.8 Å². The smallest absolute Gasteiger partial charge is 0.130 e. The Balaban J connectivity index is 1.70. The standard InChI is InChI=1S/C18H23BrN2O/c1-13(2)21-9-3-4-14(11-21)12-22-18-7-8-20-17-6-5-15(19)10-16(17)18/h5-8,10,13-14H,3-4,9,11-12H2,1-2H3/t14-/m1/s1. The lowest BCUT2D eigenvalue weighted by Gasteiger charge is -2.35. The molecule has 0 unspecified atom stereocenters. The average Bonchev–Trinajstić information content (AvgIpc) is 2.53. The predicted octanol–water partition coefficient (Wildman–Crippen LogP) is 4.50. The van der Waals surface area contributed by atoms with E-state index in [0.29, 0.717) is 12.0 Å². The summed E-state index contributed by atoms with van der Waals surface area (Å²) in [6.07, 6.45) is 4.36. The number of halogens is 1. The maximum Gasteiger partial charge on any atom is 0.130 e. The Morgan fingerprint density at radius 2 is 2.23 bits per heavy atom. The van der Waals surface area contributed by atoms with Crippen molar-refractivity contribution in [1.82, 2.24) is 9.88 Å². The molecule has 2 heterocycles. The second-order valence-corrected chi connectivity index (χ2v) is 7.29. The van der Waals surface area contributed by atoms with E-state index in [-0.39, 0.29) is 0 Å². The summed E-state index contributed by atoms with van der Waals surface area (Å²) in [6.45, 7) is 7.70. The minimum Gasteiger partial charge on any atom is -0.492 e. The molecule has 4 heteroatoms. The lowest BCUT2D eigenvalue weighted by Crippen LogP contribution is -2.41. The third kappa shape index (κ3) is 3.61. The quantitative estimate of drug-likeness (QED) is 0.800. The van der Waals surface area contributed by atoms with Gasteiger partial charge < -0.3 is 9.64 Å². The van der Waals surface area contributed by atoms with E-state index in [1.165, 1.54) is 19.4 Å². The second kappa shape index (κ2) is 6.97. The molecular formula is C18H23BrN2O. The van der Waals surface area contributed by atoms with Crippen molar-refractivity contribution in [2.75, 3.05) is 19.7 Å². The van der Waals surface area contributed by atoms with Crippen LogP contribution in [0.3, 0.4) is 0 Å². The van der Waals surface area contributed by atoms with E-state index in [2.05, 4.69) is 45.7 Å². The molecular weight excluding hydrogens is 340 g/mol. The van der Waals surface area contributed by atoms with Gasteiger partial charge in [0.2, 0.25) is 0 Å². The summed E-state index contributed by atoms with van der Waals surface area (Å²) >= 11 is 3.53. The van der Waals surface area contributed by atoms with Crippen LogP contribution in [0.2, 0.25) is 0 Å². The lowest BCUT2D eigenvalue weighted by atomic mass is 9.98. The Morgan fingerprint density at radius 3 is 3.05 bits per heavy atom. The van der Waals surface area contributed by atoms with Gasteiger partial charge in [0.15, 0.2) is 0 Å². The van der Waals surface area contributed by atoms with E-state index in [1.807, 2.05) is 24.4 Å². The zero-order chi connectivity index (χ0) is 15.5. The predicted molar refractivity (Wildman–Crippen MR) is 94.4 cm³/mol. The highest BCUT2D eigenvalue weighted by atomic mass is 79.9. The van der Waals surface area contributed by atoms with Crippen LogP contribution in [0.4, 0.5) is 0 Å². The van der Waals surface area contributed by atoms with Crippen LogP contribution in [0.25, 0.3) is 10.9 Å². The minimum atomic E-state index is 0.617. The van der Waals surface area contributed by atoms with Gasteiger partial charge in [-0.05, 0) is 57.5 Å². The first-order valence-corrected chi connectivity index (χ1v) is 8.84. The van der Waals surface area contributed by atoms with E-state index in [1.54, 1.807) is 0 Å². The van der Waals surface area contributed by atoms with Crippen LogP contribution >= 0.6 is 15.9 Å². The van der Waals surface area contributed by atoms with Crippen molar-refractivity contribution in [2.24, 2.45) is 5.92 Å². The number of pyridine rings is 1. The molecule has 1 atom stereocenters. The Kier molecular flexibility index (Phi) is 4.99. The number of benzene rings is 1. The van der Waals surface area contributed by atoms with Gasteiger partial charge in [0.25, 0.3) is 0 Å². The fraction of sp³-hybridized carbons (Fsp3) is 0.500. The topological polar surface area (TPSA) is 25.4 Å². The van der Waals surface area contributed by atoms with Crippen molar-refractivity contribution in [1.29, 1.82) is 0 Å². The van der Waals surface area contributed by atoms with E-state index >= 15 is 0 Å². The van der Waals surface area contributed by atoms with Gasteiger partial charge in [-0.1, -0.05) is 15.9 Å². The molecule has 0 amide bonds. The van der Waals surface area contributed by atoms with Gasteiger partial charge in [-0.25, -0.2) is 0 Å². The molecule has 0 radical (unpaired) electrons. The molecule has 0 bridgehead atoms. The first-order valence-electron chi connectivity index (χ1n) is 8.04. The molecule has 3 rings (SSSR count). The molecule has 2 aromatic rings. The first-order chi connectivity index (χ1) is 10.6. The molecule has 0 saturated carbocycles. The third-order valence-corrected chi connectivity index (χ3v) is 4.91. The van der Waals surface area contributed by atoms with Gasteiger partial charge in [-0.2, -0.15) is 0 Å². The highest BCUT2D eigenvalue weighted by Gasteiger charge is 2.22. The van der Waals surface area contributed by atoms with Crippen molar-refractivity contribution < 1.29 is 4.74 Å². The number of likely N-dealkylation sites (tertiary alicyclic amines) is 1. The molecule has 1 saturated heterocycles. The molecule has 3 nitrogen and oxygen atoms in total. The minimum absolute atomic E-state index is 0.617. The molecule has 1 aliphatic heterocycles. The zero-order valence-corrected chi connectivity index (χ0v) is 14.8. The molecule has 0 N–H and O–H groups in total. The summed E-state index contributed by atoms with van der Waals surface area (Å²) in [7, 11) is 0. The largest absolute Gasteiger partial charge is 0.492 e. The van der Waals surface area contributed by atoms with Crippen molar-refractivity contribution in [3.63, 3.8) is 0 Å². The van der Waals surface area contributed by atoms with Crippen LogP contribution < -0.4 is 4.74 Å². The molecule has 118 valence electrons. The van der Waals surface area contributed by atoms with Gasteiger partial charge in [-0.15, -0.1) is 0 Å². The monoisotopic (exact) mass is 362 g/mol. The van der Waals surface area contributed by atoms with Crippen LogP contribution in [0.1, 0.15) is 26.7 Å². The molecule has 1 fully saturated rings. The molecule has 1 aliphatic rings. The fourth-order valence-electron chi connectivity index (χ4n) is 3.13. The number of hydrogen-bond acceptors (Lipinski definition) is 3. The molecule has 0 spiro atoms. The Morgan fingerprint density at radius 1 is 1.36 bits per heavy atom. The SMILES string of the molecule is CC(C)N1CCC[C@@H](COc2ccnc3ccc(Br)cc23)C1. The Hall–Kier alpha value is -1.13. The van der Waals surface area contributed by atoms with Crippen LogP contribution in [-0.2, 0) is 0 Å². The highest BCUT2D eigenvalue weighted by Crippen LogP contribution is 2.28. The van der Waals surface area contributed by atoms with Crippen molar-refractivity contribution in [2.45, 2.75) is 32.7 Å². The van der Waals surface area contributed by atoms with Crippen molar-refractivity contribution in [3.05, 3.63) is 34.9 Å². The maximum absolute atomic E-state index is 6.15.